The van der Waals surface area contributed by atoms with Gasteiger partial charge in [-0.1, -0.05) is 12.1 Å². The van der Waals surface area contributed by atoms with E-state index >= 15 is 0 Å². The van der Waals surface area contributed by atoms with Gasteiger partial charge in [0.25, 0.3) is 0 Å². The Morgan fingerprint density at radius 2 is 2.39 bits per heavy atom. The van der Waals surface area contributed by atoms with Crippen LogP contribution in [0.3, 0.4) is 0 Å². The van der Waals surface area contributed by atoms with Crippen LogP contribution in [-0.2, 0) is 24.2 Å². The number of carbonyl (C=O) groups is 1. The number of carbonyl (C=O) groups excluding carboxylic acids is 1. The van der Waals surface area contributed by atoms with Gasteiger partial charge in [0.15, 0.2) is 11.6 Å². The number of anilines is 1. The summed E-state index contributed by atoms with van der Waals surface area (Å²) in [6.07, 6.45) is 3.20. The molecule has 124 valence electrons. The fourth-order valence-electron chi connectivity index (χ4n) is 2.70. The third-order valence-electron chi connectivity index (χ3n) is 3.90. The van der Waals surface area contributed by atoms with Crippen LogP contribution in [0.15, 0.2) is 10.6 Å². The van der Waals surface area contributed by atoms with Crippen LogP contribution in [-0.4, -0.2) is 38.4 Å². The molecule has 8 nitrogen and oxygen atoms in total. The lowest BCUT2D eigenvalue weighted by Crippen LogP contribution is -2.39. The number of aromatic nitrogens is 4. The molecular formula is C15H22N6O2. The van der Waals surface area contributed by atoms with Gasteiger partial charge in [-0.2, -0.15) is 5.10 Å². The molecule has 0 aliphatic carbocycles. The lowest BCUT2D eigenvalue weighted by Gasteiger charge is -2.23. The summed E-state index contributed by atoms with van der Waals surface area (Å²) in [4.78, 5) is 16.3. The minimum absolute atomic E-state index is 0.0728. The number of hydrogen-bond donors (Lipinski definition) is 2. The predicted octanol–water partition coefficient (Wildman–Crippen LogP) is 1.07. The van der Waals surface area contributed by atoms with Gasteiger partial charge < -0.3 is 15.2 Å². The molecule has 2 aromatic heterocycles. The number of hydrogen-bond acceptors (Lipinski definition) is 6. The zero-order chi connectivity index (χ0) is 16.2. The van der Waals surface area contributed by atoms with Gasteiger partial charge in [-0.3, -0.25) is 4.79 Å². The number of fused-ring (bicyclic) bond motifs is 1. The summed E-state index contributed by atoms with van der Waals surface area (Å²) in [6, 6.07) is 2.03. The van der Waals surface area contributed by atoms with E-state index in [0.717, 1.165) is 37.5 Å². The van der Waals surface area contributed by atoms with Crippen LogP contribution in [0.2, 0.25) is 0 Å². The minimum Gasteiger partial charge on any atom is -0.360 e. The Balaban J connectivity index is 1.41. The molecule has 0 saturated heterocycles. The van der Waals surface area contributed by atoms with Crippen LogP contribution in [0.1, 0.15) is 37.2 Å². The van der Waals surface area contributed by atoms with E-state index in [1.54, 1.807) is 13.0 Å². The first-order valence-corrected chi connectivity index (χ1v) is 8.03. The molecule has 0 saturated carbocycles. The number of nitrogens with zero attached hydrogens (tertiary/aromatic N) is 4. The predicted molar refractivity (Wildman–Crippen MR) is 84.0 cm³/mol. The number of amides is 1. The van der Waals surface area contributed by atoms with Gasteiger partial charge in [0, 0.05) is 37.9 Å². The van der Waals surface area contributed by atoms with Gasteiger partial charge in [0.05, 0.1) is 6.54 Å². The van der Waals surface area contributed by atoms with Crippen molar-refractivity contribution in [1.82, 2.24) is 25.2 Å². The van der Waals surface area contributed by atoms with Crippen molar-refractivity contribution in [3.63, 3.8) is 0 Å². The third-order valence-corrected chi connectivity index (χ3v) is 3.90. The highest BCUT2D eigenvalue weighted by Gasteiger charge is 2.21. The number of aryl methyl sites for hydroxylation is 3. The van der Waals surface area contributed by atoms with Crippen LogP contribution in [0.25, 0.3) is 0 Å². The molecule has 2 N–H and O–H groups in total. The zero-order valence-corrected chi connectivity index (χ0v) is 13.5. The van der Waals surface area contributed by atoms with E-state index in [1.165, 1.54) is 0 Å². The highest BCUT2D eigenvalue weighted by molar-refractivity contribution is 5.89. The topological polar surface area (TPSA) is 97.9 Å². The molecule has 1 aliphatic rings. The second-order valence-corrected chi connectivity index (χ2v) is 5.79. The molecule has 1 amide bonds. The second kappa shape index (κ2) is 6.91. The maximum Gasteiger partial charge on any atom is 0.226 e. The van der Waals surface area contributed by atoms with E-state index in [4.69, 9.17) is 4.52 Å². The van der Waals surface area contributed by atoms with E-state index in [9.17, 15) is 4.79 Å². The first-order valence-electron chi connectivity index (χ1n) is 8.03. The number of nitrogens with one attached hydrogen (secondary N) is 2. The Morgan fingerprint density at radius 1 is 1.52 bits per heavy atom. The Kier molecular flexibility index (Phi) is 4.71. The molecule has 0 bridgehead atoms. The maximum absolute atomic E-state index is 11.8. The van der Waals surface area contributed by atoms with Crippen LogP contribution in [0.4, 0.5) is 5.82 Å². The maximum atomic E-state index is 11.8. The molecule has 0 aromatic carbocycles. The Labute approximate surface area is 134 Å². The van der Waals surface area contributed by atoms with E-state index in [2.05, 4.69) is 32.8 Å². The van der Waals surface area contributed by atoms with Crippen LogP contribution >= 0.6 is 0 Å². The normalized spacial score (nSPS) is 17.0. The van der Waals surface area contributed by atoms with E-state index in [0.29, 0.717) is 30.6 Å². The monoisotopic (exact) mass is 318 g/mol. The Hall–Kier alpha value is -2.22. The first-order chi connectivity index (χ1) is 11.1. The molecule has 0 fully saturated rings. The smallest absolute Gasteiger partial charge is 0.226 e. The standard InChI is InChI=1S/C15H22N6O2/c1-3-12-17-14-5-4-11(9-21(14)19-12)16-7-6-15(22)18-13-8-10(2)23-20-13/h8,11,16H,3-7,9H2,1-2H3,(H,18,20,22)/t11-/m0/s1. The van der Waals surface area contributed by atoms with E-state index < -0.39 is 0 Å². The van der Waals surface area contributed by atoms with Gasteiger partial charge in [-0.05, 0) is 13.3 Å². The van der Waals surface area contributed by atoms with E-state index in [1.807, 2.05) is 4.68 Å². The molecule has 8 heteroatoms. The number of rotatable bonds is 6. The molecule has 1 atom stereocenters. The summed E-state index contributed by atoms with van der Waals surface area (Å²) in [5.41, 5.74) is 0. The van der Waals surface area contributed by atoms with Crippen molar-refractivity contribution >= 4 is 11.7 Å². The van der Waals surface area contributed by atoms with Gasteiger partial charge >= 0.3 is 0 Å². The molecule has 2 aromatic rings. The van der Waals surface area contributed by atoms with Gasteiger partial charge in [-0.15, -0.1) is 0 Å². The summed E-state index contributed by atoms with van der Waals surface area (Å²) in [5.74, 6) is 3.04. The highest BCUT2D eigenvalue weighted by atomic mass is 16.5. The van der Waals surface area contributed by atoms with Gasteiger partial charge in [0.2, 0.25) is 5.91 Å². The van der Waals surface area contributed by atoms with Crippen molar-refractivity contribution in [3.05, 3.63) is 23.5 Å². The molecule has 1 aliphatic heterocycles. The fourth-order valence-corrected chi connectivity index (χ4v) is 2.70. The molecule has 3 rings (SSSR count). The van der Waals surface area contributed by atoms with Crippen LogP contribution in [0, 0.1) is 6.92 Å². The molecule has 3 heterocycles. The fraction of sp³-hybridized carbons (Fsp3) is 0.600. The molecule has 0 unspecified atom stereocenters. The van der Waals surface area contributed by atoms with Crippen LogP contribution < -0.4 is 10.6 Å². The first kappa shape index (κ1) is 15.7. The van der Waals surface area contributed by atoms with Crippen molar-refractivity contribution in [1.29, 1.82) is 0 Å². The van der Waals surface area contributed by atoms with Crippen molar-refractivity contribution in [2.45, 2.75) is 52.1 Å². The Bertz CT molecular complexity index is 677. The quantitative estimate of drug-likeness (QED) is 0.827. The lowest BCUT2D eigenvalue weighted by atomic mass is 10.1. The summed E-state index contributed by atoms with van der Waals surface area (Å²) >= 11 is 0. The zero-order valence-electron chi connectivity index (χ0n) is 13.5. The van der Waals surface area contributed by atoms with Gasteiger partial charge in [0.1, 0.15) is 11.6 Å². The van der Waals surface area contributed by atoms with E-state index in [-0.39, 0.29) is 5.91 Å². The molecular weight excluding hydrogens is 296 g/mol. The second-order valence-electron chi connectivity index (χ2n) is 5.79. The summed E-state index contributed by atoms with van der Waals surface area (Å²) in [5, 5.41) is 14.4. The molecule has 0 radical (unpaired) electrons. The van der Waals surface area contributed by atoms with Crippen molar-refractivity contribution in [2.24, 2.45) is 0 Å². The summed E-state index contributed by atoms with van der Waals surface area (Å²) in [6.45, 7) is 5.28. The average molecular weight is 318 g/mol. The molecule has 23 heavy (non-hydrogen) atoms. The molecule has 0 spiro atoms. The largest absolute Gasteiger partial charge is 0.360 e. The third kappa shape index (κ3) is 3.95. The van der Waals surface area contributed by atoms with Crippen LogP contribution in [0.5, 0.6) is 0 Å². The summed E-state index contributed by atoms with van der Waals surface area (Å²) in [7, 11) is 0. The Morgan fingerprint density at radius 3 is 3.13 bits per heavy atom. The summed E-state index contributed by atoms with van der Waals surface area (Å²) < 4.78 is 6.90. The van der Waals surface area contributed by atoms with Gasteiger partial charge in [-0.25, -0.2) is 9.67 Å². The highest BCUT2D eigenvalue weighted by Crippen LogP contribution is 2.13. The van der Waals surface area contributed by atoms with Crippen molar-refractivity contribution < 1.29 is 9.32 Å². The SMILES string of the molecule is CCc1nc2n(n1)C[C@@H](NCCC(=O)Nc1cc(C)on1)CC2. The average Bonchev–Trinajstić information content (AvgIpc) is 3.12. The minimum atomic E-state index is -0.0728. The van der Waals surface area contributed by atoms with Crippen molar-refractivity contribution in [3.8, 4) is 0 Å². The van der Waals surface area contributed by atoms with Crippen molar-refractivity contribution in [2.75, 3.05) is 11.9 Å². The lowest BCUT2D eigenvalue weighted by molar-refractivity contribution is -0.116.